The van der Waals surface area contributed by atoms with Crippen LogP contribution in [0.2, 0.25) is 0 Å². The fraction of sp³-hybridized carbons (Fsp3) is 0.510. The molecule has 7 rings (SSSR count). The van der Waals surface area contributed by atoms with Crippen molar-refractivity contribution in [3.63, 3.8) is 0 Å². The largest absolute Gasteiger partial charge is 0.508 e. The first-order valence-corrected chi connectivity index (χ1v) is 22.2. The molecule has 0 spiro atoms. The fourth-order valence-corrected chi connectivity index (χ4v) is 9.48. The predicted octanol–water partition coefficient (Wildman–Crippen LogP) is 6.26. The number of hydrogen-bond donors (Lipinski definition) is 4. The lowest BCUT2D eigenvalue weighted by molar-refractivity contribution is -0.177. The first-order valence-electron chi connectivity index (χ1n) is 22.2. The van der Waals surface area contributed by atoms with Gasteiger partial charge in [0.2, 0.25) is 5.91 Å². The van der Waals surface area contributed by atoms with Crippen LogP contribution in [0.4, 0.5) is 0 Å². The maximum Gasteiger partial charge on any atom is 0.268 e. The number of nitrogens with zero attached hydrogens (tertiary/aromatic N) is 4. The summed E-state index contributed by atoms with van der Waals surface area (Å²) in [6, 6.07) is 14.4. The number of amides is 3. The number of pyridine rings is 1. The van der Waals surface area contributed by atoms with Crippen LogP contribution in [-0.4, -0.2) is 108 Å². The Kier molecular flexibility index (Phi) is 13.8. The van der Waals surface area contributed by atoms with E-state index >= 15 is 0 Å². The number of aryl methyl sites for hydroxylation is 1. The van der Waals surface area contributed by atoms with Gasteiger partial charge in [-0.2, -0.15) is 0 Å². The van der Waals surface area contributed by atoms with E-state index in [0.29, 0.717) is 56.6 Å². The van der Waals surface area contributed by atoms with Crippen molar-refractivity contribution in [3.05, 3.63) is 82.8 Å². The molecule has 0 aliphatic carbocycles. The highest BCUT2D eigenvalue weighted by Gasteiger charge is 2.39. The van der Waals surface area contributed by atoms with Crippen LogP contribution in [0.25, 0.3) is 33.3 Å². The highest BCUT2D eigenvalue weighted by Crippen LogP contribution is 2.42. The van der Waals surface area contributed by atoms with Crippen LogP contribution in [-0.2, 0) is 48.0 Å². The highest BCUT2D eigenvalue weighted by molar-refractivity contribution is 6.01. The van der Waals surface area contributed by atoms with Crippen molar-refractivity contribution in [2.24, 2.45) is 11.3 Å². The summed E-state index contributed by atoms with van der Waals surface area (Å²) in [7, 11) is 4.92. The zero-order valence-electron chi connectivity index (χ0n) is 38.5. The van der Waals surface area contributed by atoms with Crippen molar-refractivity contribution >= 4 is 28.6 Å². The van der Waals surface area contributed by atoms with Gasteiger partial charge in [-0.05, 0) is 124 Å². The number of methoxy groups -OCH3 is 2. The quantitative estimate of drug-likeness (QED) is 0.142. The summed E-state index contributed by atoms with van der Waals surface area (Å²) in [4.78, 5) is 48.9. The molecule has 5 heterocycles. The third-order valence-electron chi connectivity index (χ3n) is 12.9. The van der Waals surface area contributed by atoms with Crippen LogP contribution < -0.4 is 16.1 Å². The number of hydrogen-bond acceptors (Lipinski definition) is 10. The lowest BCUT2D eigenvalue weighted by Gasteiger charge is -2.40. The molecule has 3 aliphatic heterocycles. The topological polar surface area (TPSA) is 160 Å². The minimum Gasteiger partial charge on any atom is -0.508 e. The number of carbonyl (C=O) groups excluding carboxylic acids is 3. The molecule has 1 unspecified atom stereocenters. The van der Waals surface area contributed by atoms with Gasteiger partial charge in [0, 0.05) is 76.0 Å². The van der Waals surface area contributed by atoms with Gasteiger partial charge in [0.15, 0.2) is 6.29 Å². The van der Waals surface area contributed by atoms with E-state index in [1.54, 1.807) is 58.5 Å². The van der Waals surface area contributed by atoms with Gasteiger partial charge in [-0.1, -0.05) is 26.0 Å². The number of phenols is 1. The molecule has 2 aromatic heterocycles. The Balaban J connectivity index is 1.36. The Morgan fingerprint density at radius 1 is 1.13 bits per heavy atom. The molecule has 14 heteroatoms. The Labute approximate surface area is 371 Å². The van der Waals surface area contributed by atoms with Crippen molar-refractivity contribution in [2.75, 3.05) is 41.0 Å². The summed E-state index contributed by atoms with van der Waals surface area (Å²) in [5.74, 6) is -1.28. The molecule has 338 valence electrons. The predicted molar refractivity (Wildman–Crippen MR) is 243 cm³/mol. The molecular formula is C49H65N7O7. The van der Waals surface area contributed by atoms with Crippen molar-refractivity contribution in [3.8, 4) is 28.1 Å². The number of aromatic nitrogens is 2. The number of likely N-dealkylation sites (N-methyl/N-ethyl adjacent to an activating group) is 1. The number of ether oxygens (including phenoxy) is 3. The molecule has 4 N–H and O–H groups in total. The molecule has 4 aromatic rings. The van der Waals surface area contributed by atoms with E-state index in [9.17, 15) is 19.5 Å². The minimum absolute atomic E-state index is 0.00605. The SMILES string of the molecule is CCn1c(-c2cccnc2[C@H](C)OC)c2c3cc(ccc31)-c1cc(O)cc(c1)C[C@H](NC(=O)C(=C(C)C)N(C)C(=O)[C@H]1CN[C@@H]1C)C(=O)N1CCC[C@H](N1)C(OC)OCC(C)(C)C2. The standard InChI is InChI=1S/C49H65N7O7/c1-11-55-41-17-16-32-24-36(41)37(44(55)35-14-12-18-50-42(35)30(5)61-9)25-49(6,7)27-63-48(62-10)39-15-13-19-56(53-39)47(60)40(22-31-20-33(32)23-34(57)21-31)52-45(58)43(28(2)3)54(8)46(59)38-26-51-29(38)4/h12,14,16-18,20-21,23-24,29-30,38-40,48,51,53,57H,11,13,15,19,22,25-27H2,1-10H3,(H,52,58)/t29-,30+,38+,39+,40+,48?/m1/s1. The maximum absolute atomic E-state index is 14.8. The van der Waals surface area contributed by atoms with Gasteiger partial charge in [-0.15, -0.1) is 0 Å². The Morgan fingerprint density at radius 3 is 2.57 bits per heavy atom. The Hall–Kier alpha value is -5.12. The highest BCUT2D eigenvalue weighted by atomic mass is 16.7. The molecule has 0 radical (unpaired) electrons. The number of benzene rings is 2. The number of phenolic OH excluding ortho intramolecular Hbond substituents is 1. The normalized spacial score (nSPS) is 23.0. The number of aromatic hydroxyl groups is 1. The number of carbonyl (C=O) groups is 3. The summed E-state index contributed by atoms with van der Waals surface area (Å²) < 4.78 is 20.8. The third-order valence-corrected chi connectivity index (χ3v) is 12.9. The molecule has 2 aromatic carbocycles. The van der Waals surface area contributed by atoms with Crippen molar-refractivity contribution in [2.45, 2.75) is 111 Å². The number of hydrazine groups is 1. The summed E-state index contributed by atoms with van der Waals surface area (Å²) in [6.07, 6.45) is 2.96. The van der Waals surface area contributed by atoms with Gasteiger partial charge in [-0.25, -0.2) is 5.43 Å². The van der Waals surface area contributed by atoms with Gasteiger partial charge >= 0.3 is 0 Å². The van der Waals surface area contributed by atoms with Crippen LogP contribution in [0.1, 0.15) is 84.2 Å². The van der Waals surface area contributed by atoms with Gasteiger partial charge in [0.25, 0.3) is 11.8 Å². The summed E-state index contributed by atoms with van der Waals surface area (Å²) in [5, 5.41) is 20.2. The van der Waals surface area contributed by atoms with E-state index in [2.05, 4.69) is 65.7 Å². The van der Waals surface area contributed by atoms with Gasteiger partial charge in [0.05, 0.1) is 36.1 Å². The molecule has 63 heavy (non-hydrogen) atoms. The average Bonchev–Trinajstić information content (AvgIpc) is 3.55. The third kappa shape index (κ3) is 9.42. The molecule has 3 aliphatic rings. The Morgan fingerprint density at radius 2 is 1.90 bits per heavy atom. The van der Waals surface area contributed by atoms with E-state index in [0.717, 1.165) is 44.5 Å². The number of rotatable bonds is 9. The average molecular weight is 864 g/mol. The second-order valence-corrected chi connectivity index (χ2v) is 18.4. The molecule has 3 amide bonds. The summed E-state index contributed by atoms with van der Waals surface area (Å²) in [5.41, 5.74) is 11.3. The van der Waals surface area contributed by atoms with E-state index in [1.165, 1.54) is 4.90 Å². The minimum atomic E-state index is -1.07. The van der Waals surface area contributed by atoms with Gasteiger partial charge in [-0.3, -0.25) is 24.4 Å². The molecular weight excluding hydrogens is 799 g/mol. The maximum atomic E-state index is 14.8. The van der Waals surface area contributed by atoms with Crippen molar-refractivity contribution < 1.29 is 33.7 Å². The van der Waals surface area contributed by atoms with Crippen LogP contribution in [0.15, 0.2) is 66.0 Å². The van der Waals surface area contributed by atoms with Crippen LogP contribution in [0, 0.1) is 11.3 Å². The van der Waals surface area contributed by atoms with E-state index in [4.69, 9.17) is 19.2 Å². The van der Waals surface area contributed by atoms with E-state index in [-0.39, 0.29) is 53.8 Å². The summed E-state index contributed by atoms with van der Waals surface area (Å²) in [6.45, 7) is 16.1. The lowest BCUT2D eigenvalue weighted by Crippen LogP contribution is -2.62. The molecule has 2 saturated heterocycles. The molecule has 2 fully saturated rings. The van der Waals surface area contributed by atoms with E-state index < -0.39 is 23.7 Å². The molecule has 6 atom stereocenters. The number of fused-ring (bicyclic) bond motifs is 6. The molecule has 14 nitrogen and oxygen atoms in total. The molecule has 0 saturated carbocycles. The lowest BCUT2D eigenvalue weighted by atomic mass is 9.84. The van der Waals surface area contributed by atoms with Crippen molar-refractivity contribution in [1.29, 1.82) is 0 Å². The smallest absolute Gasteiger partial charge is 0.268 e. The Bertz CT molecular complexity index is 2390. The van der Waals surface area contributed by atoms with Gasteiger partial charge < -0.3 is 39.4 Å². The number of allylic oxidation sites excluding steroid dienone is 1. The monoisotopic (exact) mass is 863 g/mol. The van der Waals surface area contributed by atoms with Crippen LogP contribution in [0.5, 0.6) is 5.75 Å². The zero-order chi connectivity index (χ0) is 45.3. The molecule has 6 bridgehead atoms. The number of nitrogens with one attached hydrogen (secondary N) is 3. The van der Waals surface area contributed by atoms with Crippen LogP contribution in [0.3, 0.4) is 0 Å². The van der Waals surface area contributed by atoms with Crippen molar-refractivity contribution in [1.82, 2.24) is 35.5 Å². The first-order chi connectivity index (χ1) is 30.0. The van der Waals surface area contributed by atoms with Gasteiger partial charge in [0.1, 0.15) is 17.5 Å². The van der Waals surface area contributed by atoms with Crippen LogP contribution >= 0.6 is 0 Å². The zero-order valence-corrected chi connectivity index (χ0v) is 38.5. The second-order valence-electron chi connectivity index (χ2n) is 18.4. The first kappa shape index (κ1) is 45.9. The summed E-state index contributed by atoms with van der Waals surface area (Å²) >= 11 is 0. The second kappa shape index (κ2) is 18.9. The fourth-order valence-electron chi connectivity index (χ4n) is 9.48. The van der Waals surface area contributed by atoms with E-state index in [1.807, 2.05) is 26.0 Å².